The van der Waals surface area contributed by atoms with Gasteiger partial charge >= 0.3 is 6.18 Å². The van der Waals surface area contributed by atoms with E-state index >= 15 is 0 Å². The van der Waals surface area contributed by atoms with Crippen LogP contribution in [0.15, 0.2) is 0 Å². The van der Waals surface area contributed by atoms with Gasteiger partial charge < -0.3 is 10.6 Å². The lowest BCUT2D eigenvalue weighted by molar-refractivity contribution is -0.187. The lowest BCUT2D eigenvalue weighted by atomic mass is 9.91. The molecule has 1 aliphatic carbocycles. The van der Waals surface area contributed by atoms with Gasteiger partial charge in [-0.2, -0.15) is 13.2 Å². The Morgan fingerprint density at radius 1 is 1.16 bits per heavy atom. The molecule has 2 unspecified atom stereocenters. The molecule has 6 heteroatoms. The van der Waals surface area contributed by atoms with E-state index in [0.717, 1.165) is 19.3 Å². The van der Waals surface area contributed by atoms with E-state index in [0.29, 0.717) is 6.54 Å². The molecule has 1 heterocycles. The molecule has 1 saturated carbocycles. The van der Waals surface area contributed by atoms with Crippen LogP contribution in [0.1, 0.15) is 32.1 Å². The van der Waals surface area contributed by atoms with Crippen molar-refractivity contribution in [2.24, 2.45) is 23.5 Å². The van der Waals surface area contributed by atoms with Gasteiger partial charge in [-0.1, -0.05) is 6.42 Å². The highest BCUT2D eigenvalue weighted by Gasteiger charge is 2.43. The third-order valence-electron chi connectivity index (χ3n) is 4.55. The molecular formula is C13H21F3N2O. The van der Waals surface area contributed by atoms with E-state index < -0.39 is 12.1 Å². The van der Waals surface area contributed by atoms with Gasteiger partial charge in [0.25, 0.3) is 0 Å². The minimum atomic E-state index is -4.12. The van der Waals surface area contributed by atoms with Gasteiger partial charge in [-0.15, -0.1) is 0 Å². The number of hydrogen-bond acceptors (Lipinski definition) is 2. The Bertz CT molecular complexity index is 324. The average Bonchev–Trinajstić information content (AvgIpc) is 2.85. The summed E-state index contributed by atoms with van der Waals surface area (Å²) in [6.07, 6.45) is -1.25. The SMILES string of the molecule is NCC1CCCC1C(=O)N1CCC(C(F)(F)F)CC1. The molecule has 0 aromatic carbocycles. The fraction of sp³-hybridized carbons (Fsp3) is 0.923. The van der Waals surface area contributed by atoms with Crippen LogP contribution in [0.4, 0.5) is 13.2 Å². The summed E-state index contributed by atoms with van der Waals surface area (Å²) in [4.78, 5) is 13.9. The summed E-state index contributed by atoms with van der Waals surface area (Å²) in [5.41, 5.74) is 5.65. The fourth-order valence-corrected chi connectivity index (χ4v) is 3.31. The van der Waals surface area contributed by atoms with Crippen LogP contribution >= 0.6 is 0 Å². The lowest BCUT2D eigenvalue weighted by Crippen LogP contribution is -2.45. The Morgan fingerprint density at radius 2 is 1.79 bits per heavy atom. The molecule has 3 nitrogen and oxygen atoms in total. The van der Waals surface area contributed by atoms with E-state index in [2.05, 4.69) is 0 Å². The highest BCUT2D eigenvalue weighted by molar-refractivity contribution is 5.79. The van der Waals surface area contributed by atoms with Crippen LogP contribution in [0.5, 0.6) is 0 Å². The van der Waals surface area contributed by atoms with E-state index in [1.54, 1.807) is 4.90 Å². The Hall–Kier alpha value is -0.780. The molecule has 2 rings (SSSR count). The number of hydrogen-bond donors (Lipinski definition) is 1. The number of nitrogens with two attached hydrogens (primary N) is 1. The molecule has 110 valence electrons. The maximum atomic E-state index is 12.6. The third kappa shape index (κ3) is 3.22. The number of rotatable bonds is 2. The first-order valence-corrected chi connectivity index (χ1v) is 6.99. The molecule has 1 aliphatic heterocycles. The maximum Gasteiger partial charge on any atom is 0.391 e. The number of halogens is 3. The number of alkyl halides is 3. The molecule has 0 bridgehead atoms. The van der Waals surface area contributed by atoms with E-state index in [9.17, 15) is 18.0 Å². The van der Waals surface area contributed by atoms with Crippen molar-refractivity contribution in [3.8, 4) is 0 Å². The van der Waals surface area contributed by atoms with Crippen LogP contribution in [0.2, 0.25) is 0 Å². The molecule has 1 amide bonds. The van der Waals surface area contributed by atoms with E-state index in [1.165, 1.54) is 0 Å². The largest absolute Gasteiger partial charge is 0.391 e. The molecule has 0 aromatic heterocycles. The molecule has 2 fully saturated rings. The first-order valence-electron chi connectivity index (χ1n) is 6.99. The second-order valence-corrected chi connectivity index (χ2v) is 5.67. The Kier molecular flexibility index (Phi) is 4.38. The molecular weight excluding hydrogens is 257 g/mol. The van der Waals surface area contributed by atoms with Crippen LogP contribution in [-0.4, -0.2) is 36.6 Å². The summed E-state index contributed by atoms with van der Waals surface area (Å²) >= 11 is 0. The second-order valence-electron chi connectivity index (χ2n) is 5.67. The normalized spacial score (nSPS) is 29.8. The number of likely N-dealkylation sites (tertiary alicyclic amines) is 1. The fourth-order valence-electron chi connectivity index (χ4n) is 3.31. The summed E-state index contributed by atoms with van der Waals surface area (Å²) in [5.74, 6) is -1.07. The molecule has 2 atom stereocenters. The van der Waals surface area contributed by atoms with Gasteiger partial charge in [0, 0.05) is 19.0 Å². The summed E-state index contributed by atoms with van der Waals surface area (Å²) < 4.78 is 37.7. The van der Waals surface area contributed by atoms with Gasteiger partial charge in [-0.25, -0.2) is 0 Å². The van der Waals surface area contributed by atoms with Crippen LogP contribution in [0.3, 0.4) is 0 Å². The van der Waals surface area contributed by atoms with Crippen molar-refractivity contribution in [2.75, 3.05) is 19.6 Å². The molecule has 19 heavy (non-hydrogen) atoms. The second kappa shape index (κ2) is 5.69. The van der Waals surface area contributed by atoms with Gasteiger partial charge in [0.2, 0.25) is 5.91 Å². The molecule has 0 spiro atoms. The highest BCUT2D eigenvalue weighted by Crippen LogP contribution is 2.36. The predicted octanol–water partition coefficient (Wildman–Crippen LogP) is 2.16. The van der Waals surface area contributed by atoms with Crippen molar-refractivity contribution in [2.45, 2.75) is 38.3 Å². The third-order valence-corrected chi connectivity index (χ3v) is 4.55. The Balaban J connectivity index is 1.89. The molecule has 0 aromatic rings. The van der Waals surface area contributed by atoms with Crippen molar-refractivity contribution in [1.82, 2.24) is 4.90 Å². The number of carbonyl (C=O) groups excluding carboxylic acids is 1. The Morgan fingerprint density at radius 3 is 2.32 bits per heavy atom. The zero-order chi connectivity index (χ0) is 14.0. The van der Waals surface area contributed by atoms with Crippen molar-refractivity contribution in [3.63, 3.8) is 0 Å². The number of carbonyl (C=O) groups is 1. The Labute approximate surface area is 111 Å². The van der Waals surface area contributed by atoms with Crippen LogP contribution < -0.4 is 5.73 Å². The summed E-state index contributed by atoms with van der Waals surface area (Å²) in [6.45, 7) is 0.961. The smallest absolute Gasteiger partial charge is 0.342 e. The maximum absolute atomic E-state index is 12.6. The molecule has 2 aliphatic rings. The van der Waals surface area contributed by atoms with Crippen molar-refractivity contribution < 1.29 is 18.0 Å². The predicted molar refractivity (Wildman–Crippen MR) is 65.2 cm³/mol. The van der Waals surface area contributed by atoms with Gasteiger partial charge in [0.1, 0.15) is 0 Å². The minimum Gasteiger partial charge on any atom is -0.342 e. The van der Waals surface area contributed by atoms with E-state index in [4.69, 9.17) is 5.73 Å². The van der Waals surface area contributed by atoms with Crippen LogP contribution in [0, 0.1) is 17.8 Å². The van der Waals surface area contributed by atoms with Gasteiger partial charge in [0.15, 0.2) is 0 Å². The van der Waals surface area contributed by atoms with Gasteiger partial charge in [-0.05, 0) is 38.1 Å². The topological polar surface area (TPSA) is 46.3 Å². The first kappa shape index (κ1) is 14.6. The molecule has 1 saturated heterocycles. The van der Waals surface area contributed by atoms with Crippen molar-refractivity contribution in [3.05, 3.63) is 0 Å². The average molecular weight is 278 g/mol. The van der Waals surface area contributed by atoms with Crippen LogP contribution in [0.25, 0.3) is 0 Å². The minimum absolute atomic E-state index is 0.0218. The van der Waals surface area contributed by atoms with Gasteiger partial charge in [0.05, 0.1) is 5.92 Å². The van der Waals surface area contributed by atoms with Crippen molar-refractivity contribution >= 4 is 5.91 Å². The lowest BCUT2D eigenvalue weighted by Gasteiger charge is -2.35. The van der Waals surface area contributed by atoms with Crippen LogP contribution in [-0.2, 0) is 4.79 Å². The van der Waals surface area contributed by atoms with Crippen molar-refractivity contribution in [1.29, 1.82) is 0 Å². The first-order chi connectivity index (χ1) is 8.93. The summed E-state index contributed by atoms with van der Waals surface area (Å²) in [5, 5.41) is 0. The van der Waals surface area contributed by atoms with E-state index in [1.807, 2.05) is 0 Å². The summed E-state index contributed by atoms with van der Waals surface area (Å²) in [6, 6.07) is 0. The number of nitrogens with zero attached hydrogens (tertiary/aromatic N) is 1. The zero-order valence-corrected chi connectivity index (χ0v) is 11.0. The quantitative estimate of drug-likeness (QED) is 0.841. The van der Waals surface area contributed by atoms with E-state index in [-0.39, 0.29) is 43.7 Å². The number of amides is 1. The molecule has 2 N–H and O–H groups in total. The summed E-state index contributed by atoms with van der Waals surface area (Å²) in [7, 11) is 0. The molecule has 0 radical (unpaired) electrons. The number of piperidine rings is 1. The monoisotopic (exact) mass is 278 g/mol. The standard InChI is InChI=1S/C13H21F3N2O/c14-13(15,16)10-4-6-18(7-5-10)12(19)11-3-1-2-9(11)8-17/h9-11H,1-8,17H2. The highest BCUT2D eigenvalue weighted by atomic mass is 19.4. The zero-order valence-electron chi connectivity index (χ0n) is 11.0. The van der Waals surface area contributed by atoms with Gasteiger partial charge in [-0.3, -0.25) is 4.79 Å².